The first-order valence-electron chi connectivity index (χ1n) is 10.1. The number of hydrogen-bond acceptors (Lipinski definition) is 4. The second kappa shape index (κ2) is 10.3. The molecule has 29 heavy (non-hydrogen) atoms. The lowest BCUT2D eigenvalue weighted by atomic mass is 10.1. The van der Waals surface area contributed by atoms with E-state index in [1.807, 2.05) is 30.3 Å². The SMILES string of the molecule is CCCCCNC(=O)C1CSC(c2ccccc2)N1C(=O)c1ccc(OC)cc1. The van der Waals surface area contributed by atoms with Crippen molar-refractivity contribution in [1.82, 2.24) is 10.2 Å². The third-order valence-corrected chi connectivity index (χ3v) is 6.36. The van der Waals surface area contributed by atoms with Crippen molar-refractivity contribution in [3.8, 4) is 5.75 Å². The fourth-order valence-electron chi connectivity index (χ4n) is 3.42. The number of carbonyl (C=O) groups excluding carboxylic acids is 2. The highest BCUT2D eigenvalue weighted by molar-refractivity contribution is 7.99. The molecular formula is C23H28N2O3S. The second-order valence-corrected chi connectivity index (χ2v) is 8.16. The molecule has 0 spiro atoms. The third-order valence-electron chi connectivity index (χ3n) is 5.04. The number of benzene rings is 2. The van der Waals surface area contributed by atoms with Crippen LogP contribution in [0.3, 0.4) is 0 Å². The van der Waals surface area contributed by atoms with E-state index in [1.165, 1.54) is 0 Å². The molecule has 0 bridgehead atoms. The van der Waals surface area contributed by atoms with Gasteiger partial charge in [0, 0.05) is 17.9 Å². The summed E-state index contributed by atoms with van der Waals surface area (Å²) in [5, 5.41) is 2.84. The Morgan fingerprint density at radius 3 is 2.48 bits per heavy atom. The van der Waals surface area contributed by atoms with Gasteiger partial charge in [0.05, 0.1) is 7.11 Å². The molecule has 0 radical (unpaired) electrons. The summed E-state index contributed by atoms with van der Waals surface area (Å²) in [6.07, 6.45) is 3.14. The van der Waals surface area contributed by atoms with Crippen molar-refractivity contribution in [2.24, 2.45) is 0 Å². The van der Waals surface area contributed by atoms with Crippen molar-refractivity contribution in [3.05, 3.63) is 65.7 Å². The number of rotatable bonds is 8. The van der Waals surface area contributed by atoms with E-state index in [0.717, 1.165) is 24.8 Å². The summed E-state index contributed by atoms with van der Waals surface area (Å²) < 4.78 is 5.20. The molecule has 1 N–H and O–H groups in total. The maximum atomic E-state index is 13.4. The van der Waals surface area contributed by atoms with Crippen LogP contribution in [0.5, 0.6) is 5.75 Å². The molecule has 1 heterocycles. The Labute approximate surface area is 176 Å². The molecule has 0 saturated carbocycles. The molecule has 154 valence electrons. The Hall–Kier alpha value is -2.47. The van der Waals surface area contributed by atoms with E-state index in [1.54, 1.807) is 48.0 Å². The summed E-state index contributed by atoms with van der Waals surface area (Å²) in [4.78, 5) is 28.0. The Morgan fingerprint density at radius 1 is 1.10 bits per heavy atom. The monoisotopic (exact) mass is 412 g/mol. The van der Waals surface area contributed by atoms with Crippen LogP contribution in [0.1, 0.15) is 47.5 Å². The fraction of sp³-hybridized carbons (Fsp3) is 0.391. The normalized spacial score (nSPS) is 18.5. The largest absolute Gasteiger partial charge is 0.497 e. The Morgan fingerprint density at radius 2 is 1.83 bits per heavy atom. The molecule has 1 aliphatic heterocycles. The van der Waals surface area contributed by atoms with Gasteiger partial charge in [0.1, 0.15) is 17.2 Å². The standard InChI is InChI=1S/C23H28N2O3S/c1-3-4-8-15-24-21(26)20-16-29-23(18-9-6-5-7-10-18)25(20)22(27)17-11-13-19(28-2)14-12-17/h5-7,9-14,20,23H,3-4,8,15-16H2,1-2H3,(H,24,26). The Kier molecular flexibility index (Phi) is 7.58. The average molecular weight is 413 g/mol. The highest BCUT2D eigenvalue weighted by atomic mass is 32.2. The van der Waals surface area contributed by atoms with E-state index >= 15 is 0 Å². The van der Waals surface area contributed by atoms with Crippen LogP contribution < -0.4 is 10.1 Å². The summed E-state index contributed by atoms with van der Waals surface area (Å²) in [6.45, 7) is 2.78. The fourth-order valence-corrected chi connectivity index (χ4v) is 4.85. The molecule has 0 aromatic heterocycles. The molecule has 1 aliphatic rings. The zero-order valence-electron chi connectivity index (χ0n) is 17.0. The predicted octanol–water partition coefficient (Wildman–Crippen LogP) is 4.26. The number of ether oxygens (including phenoxy) is 1. The first kappa shape index (κ1) is 21.2. The minimum Gasteiger partial charge on any atom is -0.497 e. The number of carbonyl (C=O) groups is 2. The van der Waals surface area contributed by atoms with Gasteiger partial charge in [0.15, 0.2) is 0 Å². The van der Waals surface area contributed by atoms with Crippen LogP contribution in [0.25, 0.3) is 0 Å². The molecule has 1 saturated heterocycles. The molecule has 2 aromatic rings. The number of methoxy groups -OCH3 is 1. The molecule has 2 aromatic carbocycles. The van der Waals surface area contributed by atoms with Crippen molar-refractivity contribution >= 4 is 23.6 Å². The number of nitrogens with zero attached hydrogens (tertiary/aromatic N) is 1. The van der Waals surface area contributed by atoms with Crippen molar-refractivity contribution in [2.75, 3.05) is 19.4 Å². The number of amides is 2. The van der Waals surface area contributed by atoms with Gasteiger partial charge in [0.25, 0.3) is 5.91 Å². The van der Waals surface area contributed by atoms with Gasteiger partial charge in [0.2, 0.25) is 5.91 Å². The summed E-state index contributed by atoms with van der Waals surface area (Å²) in [5.41, 5.74) is 1.58. The van der Waals surface area contributed by atoms with Crippen LogP contribution in [-0.4, -0.2) is 42.2 Å². The van der Waals surface area contributed by atoms with E-state index in [9.17, 15) is 9.59 Å². The van der Waals surface area contributed by atoms with Gasteiger partial charge in [-0.05, 0) is 36.2 Å². The van der Waals surface area contributed by atoms with Gasteiger partial charge in [-0.15, -0.1) is 11.8 Å². The van der Waals surface area contributed by atoms with E-state index in [-0.39, 0.29) is 17.2 Å². The van der Waals surface area contributed by atoms with Crippen LogP contribution in [0, 0.1) is 0 Å². The van der Waals surface area contributed by atoms with Gasteiger partial charge in [-0.1, -0.05) is 50.1 Å². The average Bonchev–Trinajstić information content (AvgIpc) is 3.22. The lowest BCUT2D eigenvalue weighted by molar-refractivity contribution is -0.124. The van der Waals surface area contributed by atoms with Gasteiger partial charge < -0.3 is 15.0 Å². The van der Waals surface area contributed by atoms with Crippen LogP contribution in [0.15, 0.2) is 54.6 Å². The zero-order chi connectivity index (χ0) is 20.6. The molecule has 0 aliphatic carbocycles. The zero-order valence-corrected chi connectivity index (χ0v) is 17.8. The van der Waals surface area contributed by atoms with Gasteiger partial charge in [-0.2, -0.15) is 0 Å². The maximum Gasteiger partial charge on any atom is 0.255 e. The van der Waals surface area contributed by atoms with Crippen molar-refractivity contribution in [2.45, 2.75) is 37.6 Å². The first-order valence-corrected chi connectivity index (χ1v) is 11.1. The van der Waals surface area contributed by atoms with Gasteiger partial charge >= 0.3 is 0 Å². The first-order chi connectivity index (χ1) is 14.2. The molecule has 3 rings (SSSR count). The van der Waals surface area contributed by atoms with E-state index in [0.29, 0.717) is 23.6 Å². The quantitative estimate of drug-likeness (QED) is 0.658. The van der Waals surface area contributed by atoms with Crippen LogP contribution in [0.4, 0.5) is 0 Å². The highest BCUT2D eigenvalue weighted by Gasteiger charge is 2.42. The van der Waals surface area contributed by atoms with E-state index < -0.39 is 6.04 Å². The van der Waals surface area contributed by atoms with E-state index in [4.69, 9.17) is 4.74 Å². The number of thioether (sulfide) groups is 1. The smallest absolute Gasteiger partial charge is 0.255 e. The third kappa shape index (κ3) is 5.12. The summed E-state index contributed by atoms with van der Waals surface area (Å²) >= 11 is 1.63. The minimum absolute atomic E-state index is 0.0751. The lowest BCUT2D eigenvalue weighted by Gasteiger charge is -2.29. The predicted molar refractivity (Wildman–Crippen MR) is 117 cm³/mol. The topological polar surface area (TPSA) is 58.6 Å². The molecule has 6 heteroatoms. The molecule has 1 fully saturated rings. The van der Waals surface area contributed by atoms with Crippen LogP contribution >= 0.6 is 11.8 Å². The second-order valence-electron chi connectivity index (χ2n) is 7.05. The molecule has 2 amide bonds. The van der Waals surface area contributed by atoms with E-state index in [2.05, 4.69) is 12.2 Å². The Balaban J connectivity index is 1.83. The summed E-state index contributed by atoms with van der Waals surface area (Å²) in [6, 6.07) is 16.5. The summed E-state index contributed by atoms with van der Waals surface area (Å²) in [7, 11) is 1.60. The van der Waals surface area contributed by atoms with Crippen molar-refractivity contribution < 1.29 is 14.3 Å². The molecule has 2 unspecified atom stereocenters. The lowest BCUT2D eigenvalue weighted by Crippen LogP contribution is -2.48. The Bertz CT molecular complexity index is 811. The van der Waals surface area contributed by atoms with Gasteiger partial charge in [-0.25, -0.2) is 0 Å². The number of nitrogens with one attached hydrogen (secondary N) is 1. The molecule has 5 nitrogen and oxygen atoms in total. The number of hydrogen-bond donors (Lipinski definition) is 1. The van der Waals surface area contributed by atoms with Crippen molar-refractivity contribution in [3.63, 3.8) is 0 Å². The maximum absolute atomic E-state index is 13.4. The molecule has 2 atom stereocenters. The minimum atomic E-state index is -0.485. The van der Waals surface area contributed by atoms with Crippen LogP contribution in [0.2, 0.25) is 0 Å². The van der Waals surface area contributed by atoms with Gasteiger partial charge in [-0.3, -0.25) is 9.59 Å². The molecular weight excluding hydrogens is 384 g/mol. The van der Waals surface area contributed by atoms with Crippen molar-refractivity contribution in [1.29, 1.82) is 0 Å². The van der Waals surface area contributed by atoms with Crippen LogP contribution in [-0.2, 0) is 4.79 Å². The highest BCUT2D eigenvalue weighted by Crippen LogP contribution is 2.42. The number of unbranched alkanes of at least 4 members (excludes halogenated alkanes) is 2. The summed E-state index contributed by atoms with van der Waals surface area (Å²) in [5.74, 6) is 1.07.